The number of rotatable bonds is 8. The average molecular weight is 430 g/mol. The Bertz CT molecular complexity index is 889. The first-order valence-electron chi connectivity index (χ1n) is 10.4. The number of unbranched alkanes of at least 4 members (excludes halogenated alkanes) is 1. The highest BCUT2D eigenvalue weighted by Gasteiger charge is 2.42. The van der Waals surface area contributed by atoms with E-state index in [0.29, 0.717) is 28.6 Å². The van der Waals surface area contributed by atoms with Crippen LogP contribution in [0.4, 0.5) is 5.69 Å². The Hall–Kier alpha value is -2.53. The van der Waals surface area contributed by atoms with Gasteiger partial charge in [-0.15, -0.1) is 0 Å². The fourth-order valence-electron chi connectivity index (χ4n) is 3.97. The summed E-state index contributed by atoms with van der Waals surface area (Å²) in [6.45, 7) is 2.59. The lowest BCUT2D eigenvalue weighted by molar-refractivity contribution is -0.121. The Morgan fingerprint density at radius 1 is 1.10 bits per heavy atom. The molecule has 2 aromatic rings. The third-order valence-electron chi connectivity index (χ3n) is 5.69. The Morgan fingerprint density at radius 2 is 1.80 bits per heavy atom. The fraction of sp³-hybridized carbons (Fsp3) is 0.417. The smallest absolute Gasteiger partial charge is 0.341 e. The highest BCUT2D eigenvalue weighted by molar-refractivity contribution is 6.30. The molecule has 0 saturated heterocycles. The van der Waals surface area contributed by atoms with Crippen LogP contribution in [0, 0.1) is 0 Å². The number of benzene rings is 2. The number of carbonyl (C=O) groups is 2. The van der Waals surface area contributed by atoms with Crippen molar-refractivity contribution in [2.75, 3.05) is 19.0 Å². The van der Waals surface area contributed by atoms with Gasteiger partial charge in [0, 0.05) is 10.7 Å². The van der Waals surface area contributed by atoms with E-state index in [-0.39, 0.29) is 5.91 Å². The molecule has 1 fully saturated rings. The molecule has 0 unspecified atom stereocenters. The van der Waals surface area contributed by atoms with Crippen molar-refractivity contribution in [1.82, 2.24) is 0 Å². The molecular weight excluding hydrogens is 402 g/mol. The molecule has 2 aromatic carbocycles. The van der Waals surface area contributed by atoms with Crippen molar-refractivity contribution in [3.05, 3.63) is 58.6 Å². The summed E-state index contributed by atoms with van der Waals surface area (Å²) in [5.74, 6) is -0.106. The van der Waals surface area contributed by atoms with Crippen LogP contribution in [-0.2, 0) is 14.9 Å². The molecular formula is C24H28ClNO4. The SMILES string of the molecule is CCCCOc1ccc(NC(=O)C2(c3ccc(Cl)cc3)CCCC2)cc1C(=O)OC. The molecule has 1 aliphatic carbocycles. The third kappa shape index (κ3) is 4.78. The normalized spacial score (nSPS) is 14.9. The standard InChI is InChI=1S/C24H28ClNO4/c1-3-4-15-30-21-12-11-19(16-20(21)22(27)29-2)26-23(28)24(13-5-6-14-24)17-7-9-18(25)10-8-17/h7-12,16H,3-6,13-15H2,1-2H3,(H,26,28). The Morgan fingerprint density at radius 3 is 2.43 bits per heavy atom. The van der Waals surface area contributed by atoms with Crippen molar-refractivity contribution in [3.8, 4) is 5.75 Å². The summed E-state index contributed by atoms with van der Waals surface area (Å²) in [7, 11) is 1.33. The number of esters is 1. The van der Waals surface area contributed by atoms with Crippen LogP contribution < -0.4 is 10.1 Å². The summed E-state index contributed by atoms with van der Waals surface area (Å²) in [5.41, 5.74) is 1.23. The largest absolute Gasteiger partial charge is 0.493 e. The molecule has 1 amide bonds. The summed E-state index contributed by atoms with van der Waals surface area (Å²) in [4.78, 5) is 25.6. The molecule has 1 N–H and O–H groups in total. The van der Waals surface area contributed by atoms with Crippen LogP contribution in [-0.4, -0.2) is 25.6 Å². The van der Waals surface area contributed by atoms with E-state index in [1.807, 2.05) is 24.3 Å². The van der Waals surface area contributed by atoms with Gasteiger partial charge in [-0.2, -0.15) is 0 Å². The van der Waals surface area contributed by atoms with Crippen molar-refractivity contribution in [2.45, 2.75) is 50.9 Å². The molecule has 160 valence electrons. The van der Waals surface area contributed by atoms with Gasteiger partial charge in [-0.25, -0.2) is 4.79 Å². The number of halogens is 1. The van der Waals surface area contributed by atoms with Gasteiger partial charge in [0.2, 0.25) is 5.91 Å². The lowest BCUT2D eigenvalue weighted by atomic mass is 9.78. The number of amides is 1. The zero-order valence-corrected chi connectivity index (χ0v) is 18.3. The van der Waals surface area contributed by atoms with Gasteiger partial charge < -0.3 is 14.8 Å². The number of carbonyl (C=O) groups excluding carboxylic acids is 2. The second-order valence-electron chi connectivity index (χ2n) is 7.65. The van der Waals surface area contributed by atoms with Gasteiger partial charge in [0.25, 0.3) is 0 Å². The average Bonchev–Trinajstić information content (AvgIpc) is 3.26. The van der Waals surface area contributed by atoms with Gasteiger partial charge >= 0.3 is 5.97 Å². The number of hydrogen-bond donors (Lipinski definition) is 1. The van der Waals surface area contributed by atoms with Crippen molar-refractivity contribution < 1.29 is 19.1 Å². The minimum absolute atomic E-state index is 0.0715. The van der Waals surface area contributed by atoms with Crippen LogP contribution in [0.5, 0.6) is 5.75 Å². The topological polar surface area (TPSA) is 64.6 Å². The molecule has 0 aromatic heterocycles. The van der Waals surface area contributed by atoms with E-state index in [1.54, 1.807) is 18.2 Å². The molecule has 5 nitrogen and oxygen atoms in total. The van der Waals surface area contributed by atoms with Crippen LogP contribution in [0.25, 0.3) is 0 Å². The number of nitrogens with one attached hydrogen (secondary N) is 1. The van der Waals surface area contributed by atoms with Gasteiger partial charge in [0.15, 0.2) is 0 Å². The first-order valence-corrected chi connectivity index (χ1v) is 10.8. The van der Waals surface area contributed by atoms with Crippen molar-refractivity contribution in [2.24, 2.45) is 0 Å². The Kier molecular flexibility index (Phi) is 7.38. The monoisotopic (exact) mass is 429 g/mol. The minimum Gasteiger partial charge on any atom is -0.493 e. The quantitative estimate of drug-likeness (QED) is 0.428. The summed E-state index contributed by atoms with van der Waals surface area (Å²) >= 11 is 6.04. The predicted molar refractivity (Wildman–Crippen MR) is 118 cm³/mol. The summed E-state index contributed by atoms with van der Waals surface area (Å²) in [5, 5.41) is 3.66. The lowest BCUT2D eigenvalue weighted by Gasteiger charge is -2.28. The summed E-state index contributed by atoms with van der Waals surface area (Å²) in [6.07, 6.45) is 5.43. The molecule has 0 bridgehead atoms. The number of hydrogen-bond acceptors (Lipinski definition) is 4. The van der Waals surface area contributed by atoms with Crippen LogP contribution in [0.15, 0.2) is 42.5 Å². The number of anilines is 1. The van der Waals surface area contributed by atoms with Crippen LogP contribution in [0.3, 0.4) is 0 Å². The molecule has 1 saturated carbocycles. The van der Waals surface area contributed by atoms with Crippen LogP contribution in [0.2, 0.25) is 5.02 Å². The molecule has 3 rings (SSSR count). The van der Waals surface area contributed by atoms with E-state index < -0.39 is 11.4 Å². The number of ether oxygens (including phenoxy) is 2. The molecule has 0 spiro atoms. The molecule has 0 heterocycles. The van der Waals surface area contributed by atoms with Gasteiger partial charge in [0.05, 0.1) is 19.1 Å². The predicted octanol–water partition coefficient (Wildman–Crippen LogP) is 5.76. The fourth-order valence-corrected chi connectivity index (χ4v) is 4.10. The molecule has 30 heavy (non-hydrogen) atoms. The first-order chi connectivity index (χ1) is 14.5. The number of methoxy groups -OCH3 is 1. The van der Waals surface area contributed by atoms with E-state index in [9.17, 15) is 9.59 Å². The molecule has 0 radical (unpaired) electrons. The lowest BCUT2D eigenvalue weighted by Crippen LogP contribution is -2.38. The van der Waals surface area contributed by atoms with E-state index in [0.717, 1.165) is 44.1 Å². The minimum atomic E-state index is -0.591. The highest BCUT2D eigenvalue weighted by atomic mass is 35.5. The van der Waals surface area contributed by atoms with E-state index >= 15 is 0 Å². The molecule has 0 aliphatic heterocycles. The van der Waals surface area contributed by atoms with Gasteiger partial charge in [-0.05, 0) is 55.2 Å². The molecule has 1 aliphatic rings. The van der Waals surface area contributed by atoms with Gasteiger partial charge in [-0.3, -0.25) is 4.79 Å². The highest BCUT2D eigenvalue weighted by Crippen LogP contribution is 2.42. The van der Waals surface area contributed by atoms with Gasteiger partial charge in [-0.1, -0.05) is 49.9 Å². The second-order valence-corrected chi connectivity index (χ2v) is 8.09. The van der Waals surface area contributed by atoms with Crippen LogP contribution in [0.1, 0.15) is 61.4 Å². The van der Waals surface area contributed by atoms with Crippen LogP contribution >= 0.6 is 11.6 Å². The third-order valence-corrected chi connectivity index (χ3v) is 5.94. The van der Waals surface area contributed by atoms with Crippen molar-refractivity contribution in [1.29, 1.82) is 0 Å². The zero-order chi connectivity index (χ0) is 21.6. The molecule has 6 heteroatoms. The zero-order valence-electron chi connectivity index (χ0n) is 17.5. The maximum Gasteiger partial charge on any atom is 0.341 e. The second kappa shape index (κ2) is 9.98. The van der Waals surface area contributed by atoms with E-state index in [1.165, 1.54) is 7.11 Å². The maximum atomic E-state index is 13.4. The van der Waals surface area contributed by atoms with Gasteiger partial charge in [0.1, 0.15) is 11.3 Å². The Balaban J connectivity index is 1.85. The summed E-state index contributed by atoms with van der Waals surface area (Å²) in [6, 6.07) is 12.6. The van der Waals surface area contributed by atoms with E-state index in [2.05, 4.69) is 12.2 Å². The first kappa shape index (κ1) is 22.2. The van der Waals surface area contributed by atoms with Crippen molar-refractivity contribution in [3.63, 3.8) is 0 Å². The summed E-state index contributed by atoms with van der Waals surface area (Å²) < 4.78 is 10.6. The van der Waals surface area contributed by atoms with Crippen molar-refractivity contribution >= 4 is 29.2 Å². The Labute approximate surface area is 182 Å². The van der Waals surface area contributed by atoms with E-state index in [4.69, 9.17) is 21.1 Å². The molecule has 0 atom stereocenters. The maximum absolute atomic E-state index is 13.4.